The Bertz CT molecular complexity index is 876. The van der Waals surface area contributed by atoms with Crippen LogP contribution < -0.4 is 5.32 Å². The summed E-state index contributed by atoms with van der Waals surface area (Å²) in [5, 5.41) is 3.21. The van der Waals surface area contributed by atoms with E-state index in [1.807, 2.05) is 29.0 Å². The lowest BCUT2D eigenvalue weighted by Gasteiger charge is -2.29. The van der Waals surface area contributed by atoms with Crippen molar-refractivity contribution in [2.75, 3.05) is 13.1 Å². The van der Waals surface area contributed by atoms with E-state index in [0.29, 0.717) is 13.1 Å². The molecule has 0 aliphatic carbocycles. The third-order valence-corrected chi connectivity index (χ3v) is 5.07. The zero-order chi connectivity index (χ0) is 18.5. The maximum atomic E-state index is 12.8. The molecule has 0 spiro atoms. The number of imidazole rings is 1. The number of rotatable bonds is 6. The topological polar surface area (TPSA) is 50.2 Å². The number of carbonyl (C=O) groups excluding carboxylic acids is 1. The van der Waals surface area contributed by atoms with Crippen molar-refractivity contribution in [2.45, 2.75) is 25.6 Å². The number of nitrogens with zero attached hydrogens (tertiary/aromatic N) is 3. The second kappa shape index (κ2) is 8.18. The second-order valence-electron chi connectivity index (χ2n) is 7.02. The zero-order valence-electron chi connectivity index (χ0n) is 15.3. The van der Waals surface area contributed by atoms with E-state index in [4.69, 9.17) is 0 Å². The Morgan fingerprint density at radius 2 is 1.85 bits per heavy atom. The van der Waals surface area contributed by atoms with Crippen LogP contribution in [0.15, 0.2) is 73.3 Å². The fourth-order valence-electron chi connectivity index (χ4n) is 3.66. The molecule has 1 atom stereocenters. The molecule has 0 saturated heterocycles. The average molecular weight is 360 g/mol. The maximum absolute atomic E-state index is 12.8. The first-order valence-electron chi connectivity index (χ1n) is 9.37. The first-order valence-corrected chi connectivity index (χ1v) is 9.37. The van der Waals surface area contributed by atoms with Gasteiger partial charge in [0.1, 0.15) is 0 Å². The van der Waals surface area contributed by atoms with Crippen LogP contribution in [-0.4, -0.2) is 33.4 Å². The lowest BCUT2D eigenvalue weighted by Crippen LogP contribution is -2.41. The van der Waals surface area contributed by atoms with E-state index in [-0.39, 0.29) is 11.9 Å². The number of aromatic nitrogens is 2. The van der Waals surface area contributed by atoms with Crippen molar-refractivity contribution in [2.24, 2.45) is 0 Å². The summed E-state index contributed by atoms with van der Waals surface area (Å²) in [6.07, 6.45) is 6.46. The van der Waals surface area contributed by atoms with Crippen LogP contribution in [-0.2, 0) is 24.3 Å². The summed E-state index contributed by atoms with van der Waals surface area (Å²) < 4.78 is 2.00. The normalized spacial score (nSPS) is 15.1. The molecule has 0 unspecified atom stereocenters. The van der Waals surface area contributed by atoms with Gasteiger partial charge in [-0.25, -0.2) is 4.98 Å². The molecule has 0 fully saturated rings. The molecule has 27 heavy (non-hydrogen) atoms. The van der Waals surface area contributed by atoms with Crippen LogP contribution in [0.1, 0.15) is 22.7 Å². The monoisotopic (exact) mass is 360 g/mol. The van der Waals surface area contributed by atoms with E-state index < -0.39 is 0 Å². The summed E-state index contributed by atoms with van der Waals surface area (Å²) in [4.78, 5) is 19.1. The van der Waals surface area contributed by atoms with E-state index in [2.05, 4.69) is 51.6 Å². The summed E-state index contributed by atoms with van der Waals surface area (Å²) in [6.45, 7) is 2.84. The molecule has 5 heteroatoms. The molecule has 1 aromatic heterocycles. The van der Waals surface area contributed by atoms with Gasteiger partial charge >= 0.3 is 0 Å². The van der Waals surface area contributed by atoms with Gasteiger partial charge < -0.3 is 9.88 Å². The molecule has 138 valence electrons. The van der Waals surface area contributed by atoms with Gasteiger partial charge in [-0.1, -0.05) is 54.6 Å². The number of benzene rings is 2. The fraction of sp³-hybridized carbons (Fsp3) is 0.273. The van der Waals surface area contributed by atoms with E-state index in [9.17, 15) is 4.79 Å². The smallest absolute Gasteiger partial charge is 0.234 e. The molecular formula is C22H24N4O. The number of carbonyl (C=O) groups is 1. The van der Waals surface area contributed by atoms with Gasteiger partial charge in [-0.05, 0) is 23.1 Å². The molecule has 3 aromatic rings. The second-order valence-corrected chi connectivity index (χ2v) is 7.02. The SMILES string of the molecule is O=C(CN1CCc2ccccc2C1)N[C@H](Cn1ccnc1)c1ccccc1. The van der Waals surface area contributed by atoms with Crippen LogP contribution in [0.4, 0.5) is 0 Å². The molecule has 1 aliphatic rings. The van der Waals surface area contributed by atoms with Gasteiger partial charge in [0.15, 0.2) is 0 Å². The number of fused-ring (bicyclic) bond motifs is 1. The van der Waals surface area contributed by atoms with Crippen LogP contribution in [0.3, 0.4) is 0 Å². The Labute approximate surface area is 159 Å². The third kappa shape index (κ3) is 4.44. The molecule has 1 N–H and O–H groups in total. The molecule has 1 amide bonds. The van der Waals surface area contributed by atoms with Crippen molar-refractivity contribution in [3.05, 3.63) is 90.0 Å². The Morgan fingerprint density at radius 1 is 1.07 bits per heavy atom. The van der Waals surface area contributed by atoms with Crippen LogP contribution in [0.2, 0.25) is 0 Å². The van der Waals surface area contributed by atoms with Gasteiger partial charge in [0, 0.05) is 32.0 Å². The first-order chi connectivity index (χ1) is 13.3. The van der Waals surface area contributed by atoms with Gasteiger partial charge in [0.2, 0.25) is 5.91 Å². The highest BCUT2D eigenvalue weighted by Crippen LogP contribution is 2.19. The van der Waals surface area contributed by atoms with E-state index >= 15 is 0 Å². The van der Waals surface area contributed by atoms with Crippen molar-refractivity contribution in [1.82, 2.24) is 19.8 Å². The van der Waals surface area contributed by atoms with Crippen molar-refractivity contribution in [1.29, 1.82) is 0 Å². The van der Waals surface area contributed by atoms with Gasteiger partial charge in [-0.15, -0.1) is 0 Å². The molecule has 0 bridgehead atoms. The van der Waals surface area contributed by atoms with E-state index in [1.165, 1.54) is 11.1 Å². The van der Waals surface area contributed by atoms with Crippen LogP contribution >= 0.6 is 0 Å². The molecule has 5 nitrogen and oxygen atoms in total. The van der Waals surface area contributed by atoms with Crippen molar-refractivity contribution < 1.29 is 4.79 Å². The standard InChI is InChI=1S/C22H24N4O/c27-22(16-25-12-10-18-6-4-5-9-20(18)14-25)24-21(15-26-13-11-23-17-26)19-7-2-1-3-8-19/h1-9,11,13,17,21H,10,12,14-16H2,(H,24,27)/t21-/m1/s1. The van der Waals surface area contributed by atoms with Crippen molar-refractivity contribution >= 4 is 5.91 Å². The van der Waals surface area contributed by atoms with Gasteiger partial charge in [0.05, 0.1) is 18.9 Å². The van der Waals surface area contributed by atoms with E-state index in [1.54, 1.807) is 12.5 Å². The largest absolute Gasteiger partial charge is 0.346 e. The highest BCUT2D eigenvalue weighted by atomic mass is 16.2. The minimum absolute atomic E-state index is 0.0587. The molecule has 2 heterocycles. The van der Waals surface area contributed by atoms with Gasteiger partial charge in [-0.3, -0.25) is 9.69 Å². The van der Waals surface area contributed by atoms with Crippen LogP contribution in [0.25, 0.3) is 0 Å². The lowest BCUT2D eigenvalue weighted by molar-refractivity contribution is -0.123. The predicted octanol–water partition coefficient (Wildman–Crippen LogP) is 2.80. The fourth-order valence-corrected chi connectivity index (χ4v) is 3.66. The van der Waals surface area contributed by atoms with E-state index in [0.717, 1.165) is 25.1 Å². The Balaban J connectivity index is 1.41. The Kier molecular flexibility index (Phi) is 5.30. The predicted molar refractivity (Wildman–Crippen MR) is 105 cm³/mol. The van der Waals surface area contributed by atoms with Crippen LogP contribution in [0, 0.1) is 0 Å². The molecule has 0 radical (unpaired) electrons. The third-order valence-electron chi connectivity index (χ3n) is 5.07. The Hall–Kier alpha value is -2.92. The van der Waals surface area contributed by atoms with Gasteiger partial charge in [-0.2, -0.15) is 0 Å². The van der Waals surface area contributed by atoms with Gasteiger partial charge in [0.25, 0.3) is 0 Å². The molecule has 0 saturated carbocycles. The minimum Gasteiger partial charge on any atom is -0.346 e. The molecule has 2 aromatic carbocycles. The summed E-state index contributed by atoms with van der Waals surface area (Å²) in [6, 6.07) is 18.5. The van der Waals surface area contributed by atoms with Crippen LogP contribution in [0.5, 0.6) is 0 Å². The number of hydrogen-bond donors (Lipinski definition) is 1. The number of hydrogen-bond acceptors (Lipinski definition) is 3. The molecule has 1 aliphatic heterocycles. The zero-order valence-corrected chi connectivity index (χ0v) is 15.3. The van der Waals surface area contributed by atoms with Crippen molar-refractivity contribution in [3.8, 4) is 0 Å². The first kappa shape index (κ1) is 17.5. The molecular weight excluding hydrogens is 336 g/mol. The van der Waals surface area contributed by atoms with Crippen molar-refractivity contribution in [3.63, 3.8) is 0 Å². The summed E-state index contributed by atoms with van der Waals surface area (Å²) in [7, 11) is 0. The number of amides is 1. The Morgan fingerprint density at radius 3 is 2.63 bits per heavy atom. The highest BCUT2D eigenvalue weighted by molar-refractivity contribution is 5.78. The number of nitrogens with one attached hydrogen (secondary N) is 1. The highest BCUT2D eigenvalue weighted by Gasteiger charge is 2.20. The lowest BCUT2D eigenvalue weighted by atomic mass is 10.00. The quantitative estimate of drug-likeness (QED) is 0.735. The summed E-state index contributed by atoms with van der Waals surface area (Å²) >= 11 is 0. The maximum Gasteiger partial charge on any atom is 0.234 e. The molecule has 4 rings (SSSR count). The summed E-state index contributed by atoms with van der Waals surface area (Å²) in [5.41, 5.74) is 3.83. The average Bonchev–Trinajstić information content (AvgIpc) is 3.21. The minimum atomic E-state index is -0.0787. The summed E-state index contributed by atoms with van der Waals surface area (Å²) in [5.74, 6) is 0.0587.